The molecule has 0 atom stereocenters. The van der Waals surface area contributed by atoms with E-state index in [-0.39, 0.29) is 0 Å². The van der Waals surface area contributed by atoms with Gasteiger partial charge >= 0.3 is 0 Å². The quantitative estimate of drug-likeness (QED) is 0.550. The number of halogens is 1. The van der Waals surface area contributed by atoms with E-state index in [4.69, 9.17) is 10.2 Å². The minimum atomic E-state index is 0.584. The first-order valence-electron chi connectivity index (χ1n) is 5.81. The smallest absolute Gasteiger partial charge is 0.220 e. The van der Waals surface area contributed by atoms with Crippen LogP contribution in [0.2, 0.25) is 0 Å². The molecule has 0 bridgehead atoms. The summed E-state index contributed by atoms with van der Waals surface area (Å²) < 4.78 is 6.78. The lowest BCUT2D eigenvalue weighted by atomic mass is 10.2. The first kappa shape index (κ1) is 12.2. The van der Waals surface area contributed by atoms with E-state index in [1.807, 2.05) is 54.6 Å². The molecule has 0 spiro atoms. The molecule has 0 saturated carbocycles. The Labute approximate surface area is 124 Å². The van der Waals surface area contributed by atoms with E-state index in [2.05, 4.69) is 27.6 Å². The predicted molar refractivity (Wildman–Crippen MR) is 86.5 cm³/mol. The Hall–Kier alpha value is -1.82. The molecule has 0 radical (unpaired) electrons. The largest absolute Gasteiger partial charge is 0.437 e. The van der Waals surface area contributed by atoms with Crippen molar-refractivity contribution in [3.05, 3.63) is 57.5 Å². The molecule has 3 aromatic rings. The van der Waals surface area contributed by atoms with Gasteiger partial charge in [0, 0.05) is 15.3 Å². The van der Waals surface area contributed by atoms with Gasteiger partial charge in [0.2, 0.25) is 5.89 Å². The van der Waals surface area contributed by atoms with Gasteiger partial charge in [0.05, 0.1) is 0 Å². The molecule has 1 heterocycles. The number of nitrogens with zero attached hydrogens (tertiary/aromatic N) is 1. The molecule has 0 aliphatic rings. The third-order valence-electron chi connectivity index (χ3n) is 2.77. The van der Waals surface area contributed by atoms with Gasteiger partial charge in [0.25, 0.3) is 0 Å². The summed E-state index contributed by atoms with van der Waals surface area (Å²) in [5.41, 5.74) is 9.24. The lowest BCUT2D eigenvalue weighted by Crippen LogP contribution is -1.87. The Morgan fingerprint density at radius 1 is 1.11 bits per heavy atom. The molecule has 1 aromatic heterocycles. The van der Waals surface area contributed by atoms with Crippen molar-refractivity contribution in [1.82, 2.24) is 4.98 Å². The molecule has 94 valence electrons. The third kappa shape index (κ3) is 2.63. The average Bonchev–Trinajstić information content (AvgIpc) is 2.79. The molecule has 3 nitrogen and oxygen atoms in total. The number of aromatic nitrogens is 1. The summed E-state index contributed by atoms with van der Waals surface area (Å²) in [4.78, 5) is 4.42. The van der Waals surface area contributed by atoms with E-state index in [1.165, 1.54) is 0 Å². The van der Waals surface area contributed by atoms with E-state index in [9.17, 15) is 0 Å². The Bertz CT molecular complexity index is 762. The molecule has 0 unspecified atom stereocenters. The number of hydrogen-bond acceptors (Lipinski definition) is 3. The molecule has 2 N–H and O–H groups in total. The molecule has 2 aromatic carbocycles. The SMILES string of the molecule is Nc1ccccc1C=Cc1nc2cc(I)ccc2o1. The normalized spacial score (nSPS) is 11.4. The van der Waals surface area contributed by atoms with Crippen LogP contribution in [0, 0.1) is 3.57 Å². The van der Waals surface area contributed by atoms with E-state index < -0.39 is 0 Å². The van der Waals surface area contributed by atoms with Gasteiger partial charge in [-0.05, 0) is 58.5 Å². The zero-order chi connectivity index (χ0) is 13.2. The fourth-order valence-corrected chi connectivity index (χ4v) is 2.29. The van der Waals surface area contributed by atoms with Gasteiger partial charge in [-0.3, -0.25) is 0 Å². The van der Waals surface area contributed by atoms with Gasteiger partial charge < -0.3 is 10.2 Å². The number of nitrogen functional groups attached to an aromatic ring is 1. The molecular formula is C15H11IN2O. The zero-order valence-corrected chi connectivity index (χ0v) is 12.2. The van der Waals surface area contributed by atoms with Crippen LogP contribution in [0.5, 0.6) is 0 Å². The highest BCUT2D eigenvalue weighted by molar-refractivity contribution is 14.1. The Kier molecular flexibility index (Phi) is 3.25. The van der Waals surface area contributed by atoms with E-state index in [0.29, 0.717) is 5.89 Å². The molecule has 4 heteroatoms. The maximum Gasteiger partial charge on any atom is 0.220 e. The molecule has 0 saturated heterocycles. The fraction of sp³-hybridized carbons (Fsp3) is 0. The van der Waals surface area contributed by atoms with Crippen molar-refractivity contribution in [1.29, 1.82) is 0 Å². The van der Waals surface area contributed by atoms with E-state index in [1.54, 1.807) is 0 Å². The van der Waals surface area contributed by atoms with Crippen LogP contribution in [-0.4, -0.2) is 4.98 Å². The molecule has 0 aliphatic heterocycles. The van der Waals surface area contributed by atoms with E-state index >= 15 is 0 Å². The van der Waals surface area contributed by atoms with Gasteiger partial charge in [-0.15, -0.1) is 0 Å². The Morgan fingerprint density at radius 2 is 1.95 bits per heavy atom. The molecule has 0 fully saturated rings. The van der Waals surface area contributed by atoms with Crippen molar-refractivity contribution in [2.75, 3.05) is 5.73 Å². The van der Waals surface area contributed by atoms with Gasteiger partial charge in [-0.25, -0.2) is 4.98 Å². The Morgan fingerprint density at radius 3 is 2.79 bits per heavy atom. The third-order valence-corrected chi connectivity index (χ3v) is 3.44. The Balaban J connectivity index is 1.95. The summed E-state index contributed by atoms with van der Waals surface area (Å²) in [7, 11) is 0. The number of anilines is 1. The first-order valence-corrected chi connectivity index (χ1v) is 6.89. The van der Waals surface area contributed by atoms with Crippen LogP contribution in [0.4, 0.5) is 5.69 Å². The standard InChI is InChI=1S/C15H11IN2O/c16-11-6-7-14-13(9-11)18-15(19-14)8-5-10-3-1-2-4-12(10)17/h1-9H,17H2. The highest BCUT2D eigenvalue weighted by Crippen LogP contribution is 2.20. The number of nitrogens with two attached hydrogens (primary N) is 1. The molecule has 3 rings (SSSR count). The first-order chi connectivity index (χ1) is 9.22. The minimum absolute atomic E-state index is 0.584. The minimum Gasteiger partial charge on any atom is -0.437 e. The van der Waals surface area contributed by atoms with Crippen LogP contribution in [0.3, 0.4) is 0 Å². The van der Waals surface area contributed by atoms with E-state index in [0.717, 1.165) is 25.9 Å². The van der Waals surface area contributed by atoms with Gasteiger partial charge in [-0.1, -0.05) is 18.2 Å². The highest BCUT2D eigenvalue weighted by Gasteiger charge is 2.03. The summed E-state index contributed by atoms with van der Waals surface area (Å²) in [5, 5.41) is 0. The van der Waals surface area contributed by atoms with Crippen molar-refractivity contribution >= 4 is 51.5 Å². The van der Waals surface area contributed by atoms with Crippen LogP contribution in [0.1, 0.15) is 11.5 Å². The summed E-state index contributed by atoms with van der Waals surface area (Å²) in [5.74, 6) is 0.584. The lowest BCUT2D eigenvalue weighted by Gasteiger charge is -1.96. The summed E-state index contributed by atoms with van der Waals surface area (Å²) in [6, 6.07) is 13.6. The maximum absolute atomic E-state index is 5.88. The fourth-order valence-electron chi connectivity index (χ4n) is 1.81. The summed E-state index contributed by atoms with van der Waals surface area (Å²) in [6.07, 6.45) is 3.74. The van der Waals surface area contributed by atoms with Crippen molar-refractivity contribution in [2.24, 2.45) is 0 Å². The topological polar surface area (TPSA) is 52.0 Å². The lowest BCUT2D eigenvalue weighted by molar-refractivity contribution is 0.589. The van der Waals surface area contributed by atoms with Gasteiger partial charge in [0.15, 0.2) is 5.58 Å². The number of rotatable bonds is 2. The number of hydrogen-bond donors (Lipinski definition) is 1. The van der Waals surface area contributed by atoms with Crippen molar-refractivity contribution in [3.8, 4) is 0 Å². The predicted octanol–water partition coefficient (Wildman–Crippen LogP) is 4.19. The summed E-state index contributed by atoms with van der Waals surface area (Å²) in [6.45, 7) is 0. The number of fused-ring (bicyclic) bond motifs is 1. The second kappa shape index (κ2) is 5.05. The van der Waals surface area contributed by atoms with Crippen LogP contribution < -0.4 is 5.73 Å². The van der Waals surface area contributed by atoms with Crippen LogP contribution in [0.25, 0.3) is 23.3 Å². The number of oxazole rings is 1. The van der Waals surface area contributed by atoms with Crippen molar-refractivity contribution in [2.45, 2.75) is 0 Å². The molecule has 19 heavy (non-hydrogen) atoms. The van der Waals surface area contributed by atoms with Crippen LogP contribution >= 0.6 is 22.6 Å². The van der Waals surface area contributed by atoms with Gasteiger partial charge in [0.1, 0.15) is 5.52 Å². The highest BCUT2D eigenvalue weighted by atomic mass is 127. The summed E-state index contributed by atoms with van der Waals surface area (Å²) >= 11 is 2.26. The van der Waals surface area contributed by atoms with Crippen LogP contribution in [0.15, 0.2) is 46.9 Å². The van der Waals surface area contributed by atoms with Crippen LogP contribution in [-0.2, 0) is 0 Å². The maximum atomic E-state index is 5.88. The van der Waals surface area contributed by atoms with Crippen molar-refractivity contribution < 1.29 is 4.42 Å². The number of para-hydroxylation sites is 1. The molecular weight excluding hydrogens is 351 g/mol. The van der Waals surface area contributed by atoms with Gasteiger partial charge in [-0.2, -0.15) is 0 Å². The van der Waals surface area contributed by atoms with Crippen molar-refractivity contribution in [3.63, 3.8) is 0 Å². The monoisotopic (exact) mass is 362 g/mol. The second-order valence-corrected chi connectivity index (χ2v) is 5.37. The average molecular weight is 362 g/mol. The number of benzene rings is 2. The molecule has 0 amide bonds. The zero-order valence-electron chi connectivity index (χ0n) is 10.0. The molecule has 0 aliphatic carbocycles. The second-order valence-electron chi connectivity index (χ2n) is 4.13.